The summed E-state index contributed by atoms with van der Waals surface area (Å²) in [5.74, 6) is -1.79. The molecular weight excluding hydrogens is 460 g/mol. The van der Waals surface area contributed by atoms with Crippen LogP contribution < -0.4 is 4.74 Å². The van der Waals surface area contributed by atoms with Crippen molar-refractivity contribution in [2.45, 2.75) is 23.8 Å². The molecule has 0 radical (unpaired) electrons. The van der Waals surface area contributed by atoms with Crippen LogP contribution in [0.15, 0.2) is 53.4 Å². The number of methoxy groups -OCH3 is 1. The first-order valence-corrected chi connectivity index (χ1v) is 11.1. The summed E-state index contributed by atoms with van der Waals surface area (Å²) in [5, 5.41) is 11.2. The zero-order chi connectivity index (χ0) is 24.2. The highest BCUT2D eigenvalue weighted by Crippen LogP contribution is 2.27. The van der Waals surface area contributed by atoms with Gasteiger partial charge in [-0.15, -0.1) is 0 Å². The number of carbonyl (C=O) groups is 3. The van der Waals surface area contributed by atoms with Crippen LogP contribution in [-0.2, 0) is 29.0 Å². The summed E-state index contributed by atoms with van der Waals surface area (Å²) in [5.41, 5.74) is -0.139. The maximum absolute atomic E-state index is 12.9. The van der Waals surface area contributed by atoms with Crippen molar-refractivity contribution >= 4 is 33.5 Å². The number of hydrogen-bond donors (Lipinski definition) is 0. The topological polar surface area (TPSA) is 159 Å². The van der Waals surface area contributed by atoms with E-state index in [2.05, 4.69) is 4.84 Å². The number of nitro benzene ring substituents is 1. The molecule has 1 aliphatic heterocycles. The maximum Gasteiger partial charge on any atom is 0.534 e. The molecule has 1 saturated heterocycles. The Morgan fingerprint density at radius 1 is 1.06 bits per heavy atom. The fraction of sp³-hybridized carbons (Fsp3) is 0.250. The van der Waals surface area contributed by atoms with E-state index in [1.807, 2.05) is 0 Å². The molecule has 0 spiro atoms. The summed E-state index contributed by atoms with van der Waals surface area (Å²) in [6.45, 7) is 0. The van der Waals surface area contributed by atoms with Gasteiger partial charge in [-0.1, -0.05) is 5.06 Å². The third-order valence-corrected chi connectivity index (χ3v) is 6.41. The van der Waals surface area contributed by atoms with Crippen LogP contribution in [0, 0.1) is 10.1 Å². The second-order valence-corrected chi connectivity index (χ2v) is 8.87. The molecule has 0 aliphatic carbocycles. The molecule has 1 heterocycles. The summed E-state index contributed by atoms with van der Waals surface area (Å²) in [6.07, 6.45) is -3.21. The Balaban J connectivity index is 1.85. The number of amides is 2. The monoisotopic (exact) mass is 478 g/mol. The molecule has 0 N–H and O–H groups in total. The van der Waals surface area contributed by atoms with Gasteiger partial charge in [-0.2, -0.15) is 0 Å². The molecule has 33 heavy (non-hydrogen) atoms. The van der Waals surface area contributed by atoms with E-state index >= 15 is 0 Å². The van der Waals surface area contributed by atoms with E-state index in [1.165, 1.54) is 43.5 Å². The molecule has 2 aromatic rings. The van der Waals surface area contributed by atoms with Crippen LogP contribution in [0.5, 0.6) is 5.75 Å². The average Bonchev–Trinajstić information content (AvgIpc) is 3.10. The van der Waals surface area contributed by atoms with Crippen molar-refractivity contribution in [3.63, 3.8) is 0 Å². The van der Waals surface area contributed by atoms with Gasteiger partial charge in [-0.05, 0) is 42.0 Å². The fourth-order valence-corrected chi connectivity index (χ4v) is 4.36. The summed E-state index contributed by atoms with van der Waals surface area (Å²) in [4.78, 5) is 50.4. The number of rotatable bonds is 8. The fourth-order valence-electron chi connectivity index (χ4n) is 2.96. The molecule has 12 nitrogen and oxygen atoms in total. The van der Waals surface area contributed by atoms with Gasteiger partial charge in [0.05, 0.1) is 22.7 Å². The van der Waals surface area contributed by atoms with E-state index < -0.39 is 44.6 Å². The van der Waals surface area contributed by atoms with Gasteiger partial charge in [0.2, 0.25) is 0 Å². The number of hydrogen-bond acceptors (Lipinski definition) is 10. The summed E-state index contributed by atoms with van der Waals surface area (Å²) >= 11 is 0. The first-order chi connectivity index (χ1) is 15.6. The Morgan fingerprint density at radius 2 is 1.64 bits per heavy atom. The van der Waals surface area contributed by atoms with Crippen molar-refractivity contribution in [2.75, 3.05) is 12.9 Å². The number of carbonyl (C=O) groups excluding carboxylic acids is 3. The van der Waals surface area contributed by atoms with Gasteiger partial charge in [0.25, 0.3) is 17.5 Å². The Kier molecular flexibility index (Phi) is 6.92. The van der Waals surface area contributed by atoms with Gasteiger partial charge in [0.1, 0.15) is 11.9 Å². The van der Waals surface area contributed by atoms with Crippen molar-refractivity contribution < 1.29 is 42.0 Å². The number of non-ortho nitro benzene ring substituents is 1. The van der Waals surface area contributed by atoms with Gasteiger partial charge >= 0.3 is 6.16 Å². The van der Waals surface area contributed by atoms with Crippen molar-refractivity contribution in [1.82, 2.24) is 5.06 Å². The SMILES string of the molecule is COc1ccc(S(=O)(=O)CC(OC(=O)ON2C(=O)CCC2=O)c2ccc([N+](=O)[O-])cc2)cc1. The number of nitro groups is 1. The van der Waals surface area contributed by atoms with Crippen molar-refractivity contribution in [1.29, 1.82) is 0 Å². The van der Waals surface area contributed by atoms with E-state index in [4.69, 9.17) is 9.47 Å². The highest BCUT2D eigenvalue weighted by atomic mass is 32.2. The lowest BCUT2D eigenvalue weighted by Crippen LogP contribution is -2.33. The Labute approximate surface area is 187 Å². The third kappa shape index (κ3) is 5.63. The van der Waals surface area contributed by atoms with Crippen LogP contribution >= 0.6 is 0 Å². The molecule has 13 heteroatoms. The maximum atomic E-state index is 12.9. The number of sulfone groups is 1. The predicted octanol–water partition coefficient (Wildman–Crippen LogP) is 2.34. The smallest absolute Gasteiger partial charge is 0.497 e. The first-order valence-electron chi connectivity index (χ1n) is 9.46. The summed E-state index contributed by atoms with van der Waals surface area (Å²) < 4.78 is 36.0. The standard InChI is InChI=1S/C20H18N2O10S/c1-30-15-6-8-16(9-7-15)33(28,29)12-17(13-2-4-14(5-3-13)22(26)27)31-20(25)32-21-18(23)10-11-19(21)24/h2-9,17H,10-12H2,1H3. The summed E-state index contributed by atoms with van der Waals surface area (Å²) in [7, 11) is -2.60. The van der Waals surface area contributed by atoms with E-state index in [1.54, 1.807) is 0 Å². The van der Waals surface area contributed by atoms with E-state index in [-0.39, 0.29) is 34.1 Å². The van der Waals surface area contributed by atoms with Gasteiger partial charge in [-0.25, -0.2) is 13.2 Å². The molecule has 1 aliphatic rings. The van der Waals surface area contributed by atoms with Crippen LogP contribution in [-0.4, -0.2) is 49.2 Å². The minimum absolute atomic E-state index is 0.0860. The Bertz CT molecular complexity index is 1160. The first kappa shape index (κ1) is 23.7. The zero-order valence-corrected chi connectivity index (χ0v) is 18.0. The lowest BCUT2D eigenvalue weighted by Gasteiger charge is -2.20. The number of imide groups is 1. The van der Waals surface area contributed by atoms with Crippen LogP contribution in [0.3, 0.4) is 0 Å². The molecule has 3 rings (SSSR count). The minimum Gasteiger partial charge on any atom is -0.497 e. The largest absolute Gasteiger partial charge is 0.534 e. The highest BCUT2D eigenvalue weighted by molar-refractivity contribution is 7.91. The molecule has 1 atom stereocenters. The zero-order valence-electron chi connectivity index (χ0n) is 17.2. The van der Waals surface area contributed by atoms with Gasteiger partial charge < -0.3 is 9.47 Å². The molecule has 0 aromatic heterocycles. The number of nitrogens with zero attached hydrogens (tertiary/aromatic N) is 2. The Morgan fingerprint density at radius 3 is 2.15 bits per heavy atom. The van der Waals surface area contributed by atoms with Gasteiger partial charge in [-0.3, -0.25) is 24.5 Å². The second-order valence-electron chi connectivity index (χ2n) is 6.84. The number of benzene rings is 2. The molecule has 0 bridgehead atoms. The van der Waals surface area contributed by atoms with Crippen LogP contribution in [0.4, 0.5) is 10.5 Å². The lowest BCUT2D eigenvalue weighted by atomic mass is 10.1. The van der Waals surface area contributed by atoms with Crippen molar-refractivity contribution in [2.24, 2.45) is 0 Å². The minimum atomic E-state index is -4.02. The van der Waals surface area contributed by atoms with Crippen molar-refractivity contribution in [3.8, 4) is 5.75 Å². The quantitative estimate of drug-likeness (QED) is 0.238. The molecule has 0 saturated carbocycles. The van der Waals surface area contributed by atoms with Gasteiger partial charge in [0.15, 0.2) is 9.84 Å². The normalized spacial score (nSPS) is 14.6. The number of ether oxygens (including phenoxy) is 2. The van der Waals surface area contributed by atoms with Crippen LogP contribution in [0.25, 0.3) is 0 Å². The van der Waals surface area contributed by atoms with Crippen LogP contribution in [0.1, 0.15) is 24.5 Å². The molecule has 1 unspecified atom stereocenters. The Hall–Kier alpha value is -4.00. The van der Waals surface area contributed by atoms with Crippen LogP contribution in [0.2, 0.25) is 0 Å². The summed E-state index contributed by atoms with van der Waals surface area (Å²) in [6, 6.07) is 10.2. The molecule has 1 fully saturated rings. The molecular formula is C20H18N2O10S. The average molecular weight is 478 g/mol. The highest BCUT2D eigenvalue weighted by Gasteiger charge is 2.35. The van der Waals surface area contributed by atoms with E-state index in [0.29, 0.717) is 5.75 Å². The van der Waals surface area contributed by atoms with Gasteiger partial charge in [0, 0.05) is 25.0 Å². The van der Waals surface area contributed by atoms with E-state index in [0.717, 1.165) is 12.1 Å². The lowest BCUT2D eigenvalue weighted by molar-refractivity contribution is -0.384. The number of hydroxylamine groups is 2. The molecule has 174 valence electrons. The molecule has 2 aromatic carbocycles. The second kappa shape index (κ2) is 9.65. The van der Waals surface area contributed by atoms with Crippen molar-refractivity contribution in [3.05, 3.63) is 64.2 Å². The molecule has 2 amide bonds. The third-order valence-electron chi connectivity index (χ3n) is 4.68. The van der Waals surface area contributed by atoms with E-state index in [9.17, 15) is 32.9 Å². The predicted molar refractivity (Wildman–Crippen MR) is 110 cm³/mol.